The molecule has 0 atom stereocenters. The summed E-state index contributed by atoms with van der Waals surface area (Å²) < 4.78 is 301. The summed E-state index contributed by atoms with van der Waals surface area (Å²) in [5.41, 5.74) is -12.8. The number of halogens is 20. The Morgan fingerprint density at radius 1 is 0.403 bits per heavy atom. The number of ether oxygens (including phenoxy) is 1. The summed E-state index contributed by atoms with van der Waals surface area (Å²) in [6.45, 7) is -0.279. The molecule has 0 unspecified atom stereocenters. The zero-order valence-electron chi connectivity index (χ0n) is 32.1. The predicted octanol–water partition coefficient (Wildman–Crippen LogP) is 8.18. The lowest BCUT2D eigenvalue weighted by molar-refractivity contribution is -0.663. The van der Waals surface area contributed by atoms with Gasteiger partial charge in [0, 0.05) is 17.0 Å². The van der Waals surface area contributed by atoms with E-state index in [2.05, 4.69) is 0 Å². The van der Waals surface area contributed by atoms with Gasteiger partial charge in [0.1, 0.15) is 52.7 Å². The molecule has 0 aliphatic rings. The molecule has 1 aromatic heterocycles. The number of carbonyl (C=O) groups is 1. The van der Waals surface area contributed by atoms with Crippen LogP contribution in [0.3, 0.4) is 0 Å². The van der Waals surface area contributed by atoms with E-state index < -0.39 is 151 Å². The number of hydrogen-bond donors (Lipinski definition) is 1. The first kappa shape index (κ1) is 49.3. The normalized spacial score (nSPS) is 11.5. The number of Topliss-reactive ketones (excluding diaryl/α,β-unsaturated/α-hetero) is 1. The minimum atomic E-state index is -7.22. The van der Waals surface area contributed by atoms with E-state index in [0.717, 1.165) is 10.9 Å². The zero-order valence-corrected chi connectivity index (χ0v) is 32.1. The summed E-state index contributed by atoms with van der Waals surface area (Å²) in [7, 11) is 0. The highest BCUT2D eigenvalue weighted by Gasteiger charge is 2.52. The zero-order chi connectivity index (χ0) is 49.7. The monoisotopic (exact) mass is 973 g/mol. The van der Waals surface area contributed by atoms with E-state index in [0.29, 0.717) is 11.4 Å². The van der Waals surface area contributed by atoms with Crippen LogP contribution < -0.4 is 31.2 Å². The van der Waals surface area contributed by atoms with Gasteiger partial charge in [-0.3, -0.25) is 4.79 Å². The molecule has 25 heteroatoms. The molecule has 0 radical (unpaired) electrons. The van der Waals surface area contributed by atoms with Crippen molar-refractivity contribution >= 4 is 44.7 Å². The van der Waals surface area contributed by atoms with Gasteiger partial charge in [-0.15, -0.1) is 21.9 Å². The number of hydrogen-bond acceptors (Lipinski definition) is 3. The van der Waals surface area contributed by atoms with Crippen LogP contribution in [-0.4, -0.2) is 23.8 Å². The van der Waals surface area contributed by atoms with Crippen molar-refractivity contribution in [3.05, 3.63) is 189 Å². The second-order valence-electron chi connectivity index (χ2n) is 13.7. The molecule has 6 aromatic carbocycles. The third kappa shape index (κ3) is 7.82. The molecule has 7 rings (SSSR count). The molecule has 1 N–H and O–H groups in total. The molecule has 7 aromatic rings. The fraction of sp³-hybridized carbons (Fsp3) is 0.0476. The number of pyridine rings is 1. The van der Waals surface area contributed by atoms with E-state index in [1.54, 1.807) is 22.8 Å². The number of carbonyl (C=O) groups excluding carboxylic acids is 1. The first-order chi connectivity index (χ1) is 31.5. The number of aromatic nitrogens is 1. The van der Waals surface area contributed by atoms with Crippen molar-refractivity contribution < 1.29 is 107 Å². The van der Waals surface area contributed by atoms with Crippen LogP contribution in [0.15, 0.2) is 66.7 Å². The Hall–Kier alpha value is -7.18. The number of nitrogens with zero attached hydrogens (tertiary/aromatic N) is 1. The minimum Gasteiger partial charge on any atom is -0.417 e. The van der Waals surface area contributed by atoms with Crippen molar-refractivity contribution in [1.29, 1.82) is 0 Å². The number of rotatable bonds is 9. The Balaban J connectivity index is 0.000000279. The summed E-state index contributed by atoms with van der Waals surface area (Å²) in [4.78, 5) is 12.5. The number of ketones is 1. The maximum absolute atomic E-state index is 15.4. The highest BCUT2D eigenvalue weighted by molar-refractivity contribution is 7.20. The van der Waals surface area contributed by atoms with Gasteiger partial charge >= 0.3 is 5.88 Å². The van der Waals surface area contributed by atoms with Crippen molar-refractivity contribution in [2.24, 2.45) is 0 Å². The lowest BCUT2D eigenvalue weighted by atomic mass is 9.12. The molecule has 0 amide bonds. The number of aliphatic hydroxyl groups is 1. The second-order valence-corrected chi connectivity index (χ2v) is 13.7. The highest BCUT2D eigenvalue weighted by atomic mass is 19.2. The highest BCUT2D eigenvalue weighted by Crippen LogP contribution is 2.31. The van der Waals surface area contributed by atoms with Crippen molar-refractivity contribution in [3.63, 3.8) is 0 Å². The van der Waals surface area contributed by atoms with Crippen LogP contribution in [0.2, 0.25) is 0 Å². The molecule has 67 heavy (non-hydrogen) atoms. The molecule has 0 aliphatic heterocycles. The molecular formula is C42H16BF20NO3. The van der Waals surface area contributed by atoms with E-state index in [-0.39, 0.29) is 12.3 Å². The number of aliphatic hydroxyl groups excluding tert-OH is 1. The van der Waals surface area contributed by atoms with E-state index in [4.69, 9.17) is 9.84 Å². The molecule has 4 nitrogen and oxygen atoms in total. The molecule has 0 aliphatic carbocycles. The van der Waals surface area contributed by atoms with Crippen LogP contribution >= 0.6 is 0 Å². The SMILES string of the molecule is Fc1c(F)c(F)c([B-](c2c(F)c(F)c(F)c(F)c2F)(c2c(F)c(F)c(F)c(F)c2F)c2c(F)c(F)c(F)c(F)c2F)c(F)c1F.O=C(C[n+]1c(OCO)ccc2ccccc21)c1ccccc1. The van der Waals surface area contributed by atoms with E-state index >= 15 is 35.1 Å². The minimum absolute atomic E-state index is 0.00950. The van der Waals surface area contributed by atoms with E-state index in [1.807, 2.05) is 48.5 Å². The summed E-state index contributed by atoms with van der Waals surface area (Å²) in [6, 6.07) is 20.6. The Morgan fingerprint density at radius 2 is 0.701 bits per heavy atom. The van der Waals surface area contributed by atoms with Gasteiger partial charge in [-0.25, -0.2) is 87.8 Å². The quantitative estimate of drug-likeness (QED) is 0.0302. The van der Waals surface area contributed by atoms with Crippen LogP contribution in [0.25, 0.3) is 10.9 Å². The first-order valence-corrected chi connectivity index (χ1v) is 18.0. The van der Waals surface area contributed by atoms with Gasteiger partial charge in [0.05, 0.1) is 6.07 Å². The maximum Gasteiger partial charge on any atom is 0.370 e. The van der Waals surface area contributed by atoms with Crippen molar-refractivity contribution in [2.45, 2.75) is 6.54 Å². The summed E-state index contributed by atoms with van der Waals surface area (Å²) in [5.74, 6) is -71.0. The second kappa shape index (κ2) is 18.6. The fourth-order valence-corrected chi connectivity index (χ4v) is 7.33. The summed E-state index contributed by atoms with van der Waals surface area (Å²) >= 11 is 0. The summed E-state index contributed by atoms with van der Waals surface area (Å²) in [5, 5.41) is 10.1. The largest absolute Gasteiger partial charge is 0.417 e. The van der Waals surface area contributed by atoms with Crippen LogP contribution in [0, 0.1) is 116 Å². The maximum atomic E-state index is 15.4. The lowest BCUT2D eigenvalue weighted by Gasteiger charge is -2.44. The van der Waals surface area contributed by atoms with Crippen LogP contribution in [-0.2, 0) is 6.54 Å². The third-order valence-electron chi connectivity index (χ3n) is 10.2. The molecule has 0 bridgehead atoms. The number of benzene rings is 6. The summed E-state index contributed by atoms with van der Waals surface area (Å²) in [6.07, 6.45) is -7.22. The Labute approximate surface area is 359 Å². The van der Waals surface area contributed by atoms with Crippen molar-refractivity contribution in [1.82, 2.24) is 0 Å². The third-order valence-corrected chi connectivity index (χ3v) is 10.2. The first-order valence-electron chi connectivity index (χ1n) is 18.0. The van der Waals surface area contributed by atoms with Crippen molar-refractivity contribution in [3.8, 4) is 5.88 Å². The fourth-order valence-electron chi connectivity index (χ4n) is 7.33. The molecule has 1 heterocycles. The average molecular weight is 973 g/mol. The van der Waals surface area contributed by atoms with Gasteiger partial charge in [0.2, 0.25) is 17.8 Å². The lowest BCUT2D eigenvalue weighted by Crippen LogP contribution is -2.81. The van der Waals surface area contributed by atoms with E-state index in [1.165, 1.54) is 0 Å². The Bertz CT molecular complexity index is 2770. The van der Waals surface area contributed by atoms with Gasteiger partial charge in [-0.05, 0) is 12.1 Å². The standard InChI is InChI=1S/C24BF20.C18H16NO3/c26-5-1(6(27)14(35)21(42)13(5)34)25(2-7(28)15(36)22(43)16(37)8(2)29,3-9(30)17(38)23(44)18(39)10(3)31)4-11(32)19(40)24(45)20(41)12(4)33;20-13-22-18-11-10-14-6-4-5-9-16(14)19(18)12-17(21)15-7-2-1-3-8-15/h;1-11,20H,12-13H2/q-1;+1. The molecule has 350 valence electrons. The van der Waals surface area contributed by atoms with Crippen LogP contribution in [0.5, 0.6) is 5.88 Å². The molecular weight excluding hydrogens is 957 g/mol. The smallest absolute Gasteiger partial charge is 0.370 e. The van der Waals surface area contributed by atoms with Gasteiger partial charge in [-0.2, -0.15) is 4.57 Å². The topological polar surface area (TPSA) is 50.4 Å². The van der Waals surface area contributed by atoms with Crippen LogP contribution in [0.4, 0.5) is 87.8 Å². The average Bonchev–Trinajstić information content (AvgIpc) is 3.32. The predicted molar refractivity (Wildman–Crippen MR) is 192 cm³/mol. The number of para-hydroxylation sites is 1. The molecule has 0 fully saturated rings. The van der Waals surface area contributed by atoms with Crippen LogP contribution in [0.1, 0.15) is 10.4 Å². The number of fused-ring (bicyclic) bond motifs is 1. The van der Waals surface area contributed by atoms with E-state index in [9.17, 15) is 57.5 Å². The van der Waals surface area contributed by atoms with Gasteiger partial charge in [-0.1, -0.05) is 42.5 Å². The molecule has 0 saturated carbocycles. The van der Waals surface area contributed by atoms with Crippen molar-refractivity contribution in [2.75, 3.05) is 6.79 Å². The molecule has 0 spiro atoms. The molecule has 0 saturated heterocycles. The van der Waals surface area contributed by atoms with Gasteiger partial charge < -0.3 is 9.84 Å². The van der Waals surface area contributed by atoms with Gasteiger partial charge in [0.15, 0.2) is 76.6 Å². The Morgan fingerprint density at radius 3 is 1.03 bits per heavy atom. The Kier molecular flexibility index (Phi) is 13.7. The van der Waals surface area contributed by atoms with Gasteiger partial charge in [0.25, 0.3) is 0 Å².